The topological polar surface area (TPSA) is 75.9 Å². The third-order valence-electron chi connectivity index (χ3n) is 3.08. The molecule has 106 valence electrons. The summed E-state index contributed by atoms with van der Waals surface area (Å²) in [5.41, 5.74) is 4.89. The molecule has 0 saturated heterocycles. The number of aromatic nitrogens is 2. The maximum absolute atomic E-state index is 5.45. The first-order chi connectivity index (χ1) is 9.63. The molecule has 20 heavy (non-hydrogen) atoms. The van der Waals surface area contributed by atoms with Gasteiger partial charge in [0.25, 0.3) is 0 Å². The minimum Gasteiger partial charge on any atom is -0.340 e. The van der Waals surface area contributed by atoms with Crippen LogP contribution in [0.2, 0.25) is 0 Å². The molecule has 2 rings (SSSR count). The number of para-hydroxylation sites is 1. The minimum absolute atomic E-state index is 0.443. The monoisotopic (exact) mass is 271 g/mol. The van der Waals surface area contributed by atoms with E-state index in [9.17, 15) is 0 Å². The number of anilines is 3. The summed E-state index contributed by atoms with van der Waals surface area (Å²) in [5.74, 6) is 8.00. The maximum Gasteiger partial charge on any atom is 0.145 e. The molecule has 0 saturated carbocycles. The predicted octanol–water partition coefficient (Wildman–Crippen LogP) is 3.19. The zero-order valence-electron chi connectivity index (χ0n) is 12.1. The summed E-state index contributed by atoms with van der Waals surface area (Å²) in [5, 5.41) is 3.36. The van der Waals surface area contributed by atoms with E-state index in [1.807, 2.05) is 19.1 Å². The number of nitrogens with two attached hydrogens (primary N) is 1. The van der Waals surface area contributed by atoms with Crippen LogP contribution >= 0.6 is 0 Å². The van der Waals surface area contributed by atoms with Gasteiger partial charge in [0, 0.05) is 18.2 Å². The first kappa shape index (κ1) is 14.3. The van der Waals surface area contributed by atoms with E-state index in [1.165, 1.54) is 5.56 Å². The van der Waals surface area contributed by atoms with Gasteiger partial charge in [-0.25, -0.2) is 15.8 Å². The van der Waals surface area contributed by atoms with E-state index in [0.29, 0.717) is 11.7 Å². The van der Waals surface area contributed by atoms with Gasteiger partial charge in [-0.05, 0) is 17.5 Å². The lowest BCUT2D eigenvalue weighted by atomic mass is 10.0. The van der Waals surface area contributed by atoms with Crippen molar-refractivity contribution < 1.29 is 0 Å². The highest BCUT2D eigenvalue weighted by Gasteiger charge is 2.08. The van der Waals surface area contributed by atoms with E-state index in [2.05, 4.69) is 46.7 Å². The zero-order chi connectivity index (χ0) is 14.5. The molecule has 1 aromatic heterocycles. The van der Waals surface area contributed by atoms with Gasteiger partial charge >= 0.3 is 0 Å². The Balaban J connectivity index is 2.34. The third-order valence-corrected chi connectivity index (χ3v) is 3.08. The molecular weight excluding hydrogens is 250 g/mol. The highest BCUT2D eigenvalue weighted by molar-refractivity contribution is 5.63. The normalized spacial score (nSPS) is 10.7. The second-order valence-electron chi connectivity index (χ2n) is 4.92. The lowest BCUT2D eigenvalue weighted by molar-refractivity contribution is 0.868. The largest absolute Gasteiger partial charge is 0.340 e. The van der Waals surface area contributed by atoms with Crippen LogP contribution in [0.15, 0.2) is 30.3 Å². The van der Waals surface area contributed by atoms with Gasteiger partial charge in [-0.3, -0.25) is 0 Å². The molecule has 0 atom stereocenters. The first-order valence-electron chi connectivity index (χ1n) is 6.84. The second-order valence-corrected chi connectivity index (χ2v) is 4.92. The summed E-state index contributed by atoms with van der Waals surface area (Å²) in [6.07, 6.45) is 0.760. The van der Waals surface area contributed by atoms with Crippen molar-refractivity contribution in [2.45, 2.75) is 33.1 Å². The number of rotatable bonds is 5. The van der Waals surface area contributed by atoms with Crippen LogP contribution in [0.1, 0.15) is 38.1 Å². The van der Waals surface area contributed by atoms with Crippen LogP contribution in [0.3, 0.4) is 0 Å². The van der Waals surface area contributed by atoms with Crippen molar-refractivity contribution >= 4 is 17.3 Å². The summed E-state index contributed by atoms with van der Waals surface area (Å²) in [4.78, 5) is 8.76. The van der Waals surface area contributed by atoms with E-state index in [0.717, 1.165) is 23.8 Å². The Kier molecular flexibility index (Phi) is 4.53. The van der Waals surface area contributed by atoms with Gasteiger partial charge in [0.05, 0.1) is 0 Å². The van der Waals surface area contributed by atoms with Gasteiger partial charge in [-0.15, -0.1) is 0 Å². The number of nitrogens with one attached hydrogen (secondary N) is 2. The number of nitrogen functional groups attached to an aromatic ring is 1. The lowest BCUT2D eigenvalue weighted by Gasteiger charge is -2.15. The zero-order valence-corrected chi connectivity index (χ0v) is 12.1. The number of aryl methyl sites for hydroxylation is 1. The SMILES string of the molecule is CCc1nc(NN)cc(Nc2ccccc2C(C)C)n1. The van der Waals surface area contributed by atoms with Crippen LogP contribution in [0.25, 0.3) is 0 Å². The molecule has 0 fully saturated rings. The summed E-state index contributed by atoms with van der Waals surface area (Å²) in [6, 6.07) is 10.0. The lowest BCUT2D eigenvalue weighted by Crippen LogP contribution is -2.11. The fourth-order valence-electron chi connectivity index (χ4n) is 2.05. The van der Waals surface area contributed by atoms with Crippen molar-refractivity contribution in [1.82, 2.24) is 9.97 Å². The van der Waals surface area contributed by atoms with Crippen LogP contribution in [0.5, 0.6) is 0 Å². The molecule has 5 heteroatoms. The molecule has 0 aliphatic heterocycles. The molecule has 5 nitrogen and oxygen atoms in total. The number of hydrogen-bond acceptors (Lipinski definition) is 5. The standard InChI is InChI=1S/C15H21N5/c1-4-13-18-14(9-15(19-13)20-16)17-12-8-6-5-7-11(12)10(2)3/h5-10H,4,16H2,1-3H3,(H2,17,18,19,20). The Morgan fingerprint density at radius 2 is 1.85 bits per heavy atom. The van der Waals surface area contributed by atoms with E-state index >= 15 is 0 Å². The highest BCUT2D eigenvalue weighted by atomic mass is 15.3. The molecule has 2 aromatic rings. The average Bonchev–Trinajstić information content (AvgIpc) is 2.47. The van der Waals surface area contributed by atoms with E-state index in [-0.39, 0.29) is 0 Å². The summed E-state index contributed by atoms with van der Waals surface area (Å²) in [7, 11) is 0. The molecule has 0 spiro atoms. The average molecular weight is 271 g/mol. The second kappa shape index (κ2) is 6.34. The van der Waals surface area contributed by atoms with Crippen molar-refractivity contribution in [1.29, 1.82) is 0 Å². The number of hydrogen-bond donors (Lipinski definition) is 3. The third kappa shape index (κ3) is 3.24. The predicted molar refractivity (Wildman–Crippen MR) is 83.0 cm³/mol. The van der Waals surface area contributed by atoms with Crippen molar-refractivity contribution in [2.24, 2.45) is 5.84 Å². The van der Waals surface area contributed by atoms with Gasteiger partial charge in [0.2, 0.25) is 0 Å². The minimum atomic E-state index is 0.443. The Bertz CT molecular complexity index is 558. The van der Waals surface area contributed by atoms with Gasteiger partial charge < -0.3 is 10.7 Å². The molecule has 0 unspecified atom stereocenters. The first-order valence-corrected chi connectivity index (χ1v) is 6.84. The van der Waals surface area contributed by atoms with Gasteiger partial charge in [-0.2, -0.15) is 0 Å². The molecule has 0 aliphatic rings. The number of nitrogens with zero attached hydrogens (tertiary/aromatic N) is 2. The molecular formula is C15H21N5. The van der Waals surface area contributed by atoms with Crippen molar-refractivity contribution in [2.75, 3.05) is 10.7 Å². The molecule has 1 heterocycles. The summed E-state index contributed by atoms with van der Waals surface area (Å²) < 4.78 is 0. The quantitative estimate of drug-likeness (QED) is 0.575. The fourth-order valence-corrected chi connectivity index (χ4v) is 2.05. The Hall–Kier alpha value is -2.14. The van der Waals surface area contributed by atoms with Crippen molar-refractivity contribution in [3.05, 3.63) is 41.7 Å². The number of benzene rings is 1. The Morgan fingerprint density at radius 1 is 1.15 bits per heavy atom. The molecule has 0 bridgehead atoms. The van der Waals surface area contributed by atoms with Crippen LogP contribution < -0.4 is 16.6 Å². The molecule has 1 aromatic carbocycles. The van der Waals surface area contributed by atoms with Crippen LogP contribution in [-0.2, 0) is 6.42 Å². The van der Waals surface area contributed by atoms with Gasteiger partial charge in [0.1, 0.15) is 17.5 Å². The molecule has 0 radical (unpaired) electrons. The van der Waals surface area contributed by atoms with E-state index < -0.39 is 0 Å². The Morgan fingerprint density at radius 3 is 2.50 bits per heavy atom. The van der Waals surface area contributed by atoms with Crippen molar-refractivity contribution in [3.63, 3.8) is 0 Å². The van der Waals surface area contributed by atoms with Crippen molar-refractivity contribution in [3.8, 4) is 0 Å². The number of hydrazine groups is 1. The fraction of sp³-hybridized carbons (Fsp3) is 0.333. The molecule has 0 aliphatic carbocycles. The summed E-state index contributed by atoms with van der Waals surface area (Å²) in [6.45, 7) is 6.36. The van der Waals surface area contributed by atoms with E-state index in [1.54, 1.807) is 6.07 Å². The van der Waals surface area contributed by atoms with E-state index in [4.69, 9.17) is 5.84 Å². The Labute approximate surface area is 119 Å². The summed E-state index contributed by atoms with van der Waals surface area (Å²) >= 11 is 0. The van der Waals surface area contributed by atoms with Gasteiger partial charge in [-0.1, -0.05) is 39.0 Å². The maximum atomic E-state index is 5.45. The molecule has 4 N–H and O–H groups in total. The van der Waals surface area contributed by atoms with Crippen LogP contribution in [0, 0.1) is 0 Å². The smallest absolute Gasteiger partial charge is 0.145 e. The van der Waals surface area contributed by atoms with Crippen LogP contribution in [-0.4, -0.2) is 9.97 Å². The van der Waals surface area contributed by atoms with Gasteiger partial charge in [0.15, 0.2) is 0 Å². The molecule has 0 amide bonds. The van der Waals surface area contributed by atoms with Crippen LogP contribution in [0.4, 0.5) is 17.3 Å². The highest BCUT2D eigenvalue weighted by Crippen LogP contribution is 2.26.